The Hall–Kier alpha value is -1.53. The number of carbonyl (C=O) groups excluding carboxylic acids is 1. The molecule has 4 heteroatoms. The highest BCUT2D eigenvalue weighted by Gasteiger charge is 2.04. The van der Waals surface area contributed by atoms with Crippen molar-refractivity contribution < 1.29 is 9.53 Å². The summed E-state index contributed by atoms with van der Waals surface area (Å²) in [4.78, 5) is 11.4. The van der Waals surface area contributed by atoms with Gasteiger partial charge in [0.15, 0.2) is 0 Å². The van der Waals surface area contributed by atoms with Gasteiger partial charge in [-0.2, -0.15) is 5.26 Å². The number of halogens is 1. The van der Waals surface area contributed by atoms with Crippen molar-refractivity contribution >= 4 is 17.6 Å². The summed E-state index contributed by atoms with van der Waals surface area (Å²) in [5.74, 6) is 0.862. The minimum absolute atomic E-state index is 0.246. The molecule has 0 saturated carbocycles. The van der Waals surface area contributed by atoms with Gasteiger partial charge in [-0.15, -0.1) is 11.6 Å². The molecule has 1 aromatic carbocycles. The predicted molar refractivity (Wildman–Crippen MR) is 66.0 cm³/mol. The number of nitrogens with zero attached hydrogens (tertiary/aromatic N) is 1. The van der Waals surface area contributed by atoms with Gasteiger partial charge >= 0.3 is 5.97 Å². The standard InChI is InChI=1S/C13H14ClNO2/c14-9-3-1-2-4-13(16)17-12-7-5-11(10-15)6-8-12/h5-8H,1-4,9H2. The quantitative estimate of drug-likeness (QED) is 0.337. The second-order valence-electron chi connectivity index (χ2n) is 3.61. The van der Waals surface area contributed by atoms with E-state index in [2.05, 4.69) is 0 Å². The van der Waals surface area contributed by atoms with Crippen molar-refractivity contribution in [3.63, 3.8) is 0 Å². The number of ether oxygens (including phenoxy) is 1. The molecular formula is C13H14ClNO2. The maximum Gasteiger partial charge on any atom is 0.311 e. The van der Waals surface area contributed by atoms with Gasteiger partial charge in [0.1, 0.15) is 5.75 Å². The van der Waals surface area contributed by atoms with Crippen LogP contribution in [0, 0.1) is 11.3 Å². The van der Waals surface area contributed by atoms with Crippen molar-refractivity contribution in [2.45, 2.75) is 25.7 Å². The Morgan fingerprint density at radius 2 is 1.94 bits per heavy atom. The molecule has 90 valence electrons. The van der Waals surface area contributed by atoms with Crippen LogP contribution in [-0.2, 0) is 4.79 Å². The maximum absolute atomic E-state index is 11.4. The molecule has 0 amide bonds. The summed E-state index contributed by atoms with van der Waals surface area (Å²) < 4.78 is 5.11. The number of nitriles is 1. The molecule has 0 saturated heterocycles. The largest absolute Gasteiger partial charge is 0.427 e. The van der Waals surface area contributed by atoms with E-state index in [4.69, 9.17) is 21.6 Å². The van der Waals surface area contributed by atoms with Crippen molar-refractivity contribution in [1.82, 2.24) is 0 Å². The summed E-state index contributed by atoms with van der Waals surface area (Å²) in [7, 11) is 0. The van der Waals surface area contributed by atoms with Gasteiger partial charge in [-0.3, -0.25) is 4.79 Å². The third-order valence-corrected chi connectivity index (χ3v) is 2.50. The van der Waals surface area contributed by atoms with Crippen LogP contribution in [0.3, 0.4) is 0 Å². The first kappa shape index (κ1) is 13.5. The lowest BCUT2D eigenvalue weighted by Crippen LogP contribution is -2.07. The van der Waals surface area contributed by atoms with Crippen LogP contribution < -0.4 is 4.74 Å². The molecule has 17 heavy (non-hydrogen) atoms. The molecule has 0 unspecified atom stereocenters. The molecule has 0 heterocycles. The highest BCUT2D eigenvalue weighted by molar-refractivity contribution is 6.17. The number of hydrogen-bond acceptors (Lipinski definition) is 3. The van der Waals surface area contributed by atoms with E-state index in [1.54, 1.807) is 24.3 Å². The normalized spacial score (nSPS) is 9.65. The summed E-state index contributed by atoms with van der Waals surface area (Å²) in [6, 6.07) is 8.49. The summed E-state index contributed by atoms with van der Waals surface area (Å²) in [5, 5.41) is 8.61. The van der Waals surface area contributed by atoms with Gasteiger partial charge in [0.2, 0.25) is 0 Å². The summed E-state index contributed by atoms with van der Waals surface area (Å²) in [6.07, 6.45) is 3.05. The number of hydrogen-bond donors (Lipinski definition) is 0. The second kappa shape index (κ2) is 7.70. The number of esters is 1. The Morgan fingerprint density at radius 1 is 1.24 bits per heavy atom. The van der Waals surface area contributed by atoms with Crippen LogP contribution in [0.1, 0.15) is 31.2 Å². The van der Waals surface area contributed by atoms with Crippen LogP contribution in [0.5, 0.6) is 5.75 Å². The highest BCUT2D eigenvalue weighted by atomic mass is 35.5. The molecule has 0 N–H and O–H groups in total. The molecule has 0 aromatic heterocycles. The maximum atomic E-state index is 11.4. The van der Waals surface area contributed by atoms with E-state index in [0.29, 0.717) is 23.6 Å². The van der Waals surface area contributed by atoms with E-state index in [1.807, 2.05) is 6.07 Å². The van der Waals surface area contributed by atoms with Gasteiger partial charge < -0.3 is 4.74 Å². The zero-order valence-corrected chi connectivity index (χ0v) is 10.2. The molecule has 3 nitrogen and oxygen atoms in total. The van der Waals surface area contributed by atoms with Crippen molar-refractivity contribution in [3.8, 4) is 11.8 Å². The molecule has 1 aromatic rings. The van der Waals surface area contributed by atoms with E-state index in [0.717, 1.165) is 19.3 Å². The van der Waals surface area contributed by atoms with Crippen LogP contribution in [0.2, 0.25) is 0 Å². The number of carbonyl (C=O) groups is 1. The third kappa shape index (κ3) is 5.37. The Balaban J connectivity index is 2.32. The first-order chi connectivity index (χ1) is 8.26. The third-order valence-electron chi connectivity index (χ3n) is 2.23. The second-order valence-corrected chi connectivity index (χ2v) is 3.99. The Morgan fingerprint density at radius 3 is 2.53 bits per heavy atom. The first-order valence-corrected chi connectivity index (χ1v) is 6.06. The average molecular weight is 252 g/mol. The SMILES string of the molecule is N#Cc1ccc(OC(=O)CCCCCCl)cc1. The molecule has 0 aliphatic rings. The number of alkyl halides is 1. The van der Waals surface area contributed by atoms with Gasteiger partial charge in [0.25, 0.3) is 0 Å². The van der Waals surface area contributed by atoms with Gasteiger partial charge in [-0.1, -0.05) is 6.42 Å². The topological polar surface area (TPSA) is 50.1 Å². The number of rotatable bonds is 6. The molecule has 0 atom stereocenters. The summed E-state index contributed by atoms with van der Waals surface area (Å²) >= 11 is 5.53. The van der Waals surface area contributed by atoms with Crippen LogP contribution in [0.15, 0.2) is 24.3 Å². The Labute approximate surface area is 106 Å². The molecule has 0 aliphatic heterocycles. The minimum Gasteiger partial charge on any atom is -0.427 e. The monoisotopic (exact) mass is 251 g/mol. The lowest BCUT2D eigenvalue weighted by Gasteiger charge is -2.03. The van der Waals surface area contributed by atoms with Gasteiger partial charge in [-0.25, -0.2) is 0 Å². The highest BCUT2D eigenvalue weighted by Crippen LogP contribution is 2.13. The fourth-order valence-corrected chi connectivity index (χ4v) is 1.51. The molecule has 0 radical (unpaired) electrons. The van der Waals surface area contributed by atoms with Crippen LogP contribution >= 0.6 is 11.6 Å². The van der Waals surface area contributed by atoms with Crippen LogP contribution in [0.4, 0.5) is 0 Å². The fraction of sp³-hybridized carbons (Fsp3) is 0.385. The predicted octanol–water partition coefficient (Wildman–Crippen LogP) is 3.26. The van der Waals surface area contributed by atoms with Crippen LogP contribution in [0.25, 0.3) is 0 Å². The van der Waals surface area contributed by atoms with E-state index >= 15 is 0 Å². The zero-order valence-electron chi connectivity index (χ0n) is 9.49. The molecular weight excluding hydrogens is 238 g/mol. The van der Waals surface area contributed by atoms with E-state index in [1.165, 1.54) is 0 Å². The van der Waals surface area contributed by atoms with E-state index < -0.39 is 0 Å². The molecule has 0 spiro atoms. The van der Waals surface area contributed by atoms with Crippen molar-refractivity contribution in [2.24, 2.45) is 0 Å². The summed E-state index contributed by atoms with van der Waals surface area (Å²) in [5.41, 5.74) is 0.548. The molecule has 0 fully saturated rings. The number of benzene rings is 1. The van der Waals surface area contributed by atoms with E-state index in [-0.39, 0.29) is 5.97 Å². The fourth-order valence-electron chi connectivity index (χ4n) is 1.32. The van der Waals surface area contributed by atoms with Gasteiger partial charge in [0.05, 0.1) is 11.6 Å². The van der Waals surface area contributed by atoms with E-state index in [9.17, 15) is 4.79 Å². The van der Waals surface area contributed by atoms with Crippen LogP contribution in [-0.4, -0.2) is 11.8 Å². The summed E-state index contributed by atoms with van der Waals surface area (Å²) in [6.45, 7) is 0. The Kier molecular flexibility index (Phi) is 6.13. The lowest BCUT2D eigenvalue weighted by atomic mass is 10.2. The van der Waals surface area contributed by atoms with Crippen molar-refractivity contribution in [1.29, 1.82) is 5.26 Å². The molecule has 0 aliphatic carbocycles. The zero-order chi connectivity index (χ0) is 12.5. The minimum atomic E-state index is -0.246. The van der Waals surface area contributed by atoms with Gasteiger partial charge in [-0.05, 0) is 37.1 Å². The molecule has 0 bridgehead atoms. The lowest BCUT2D eigenvalue weighted by molar-refractivity contribution is -0.134. The molecule has 1 rings (SSSR count). The van der Waals surface area contributed by atoms with Crippen molar-refractivity contribution in [2.75, 3.05) is 5.88 Å². The smallest absolute Gasteiger partial charge is 0.311 e. The average Bonchev–Trinajstić information content (AvgIpc) is 2.36. The number of unbranched alkanes of at least 4 members (excludes halogenated alkanes) is 2. The first-order valence-electron chi connectivity index (χ1n) is 5.53. The Bertz CT molecular complexity index is 395. The van der Waals surface area contributed by atoms with Crippen molar-refractivity contribution in [3.05, 3.63) is 29.8 Å². The van der Waals surface area contributed by atoms with Gasteiger partial charge in [0, 0.05) is 12.3 Å².